The molecule has 0 amide bonds. The van der Waals surface area contributed by atoms with Crippen molar-refractivity contribution in [1.82, 2.24) is 0 Å². The Morgan fingerprint density at radius 2 is 0.737 bits per heavy atom. The van der Waals surface area contributed by atoms with Crippen LogP contribution in [-0.4, -0.2) is 25.7 Å². The van der Waals surface area contributed by atoms with Crippen LogP contribution in [0.4, 0.5) is 43.9 Å². The van der Waals surface area contributed by atoms with Crippen LogP contribution in [0.15, 0.2) is 0 Å². The molecular formula is C9H14F10. The fourth-order valence-electron chi connectivity index (χ4n) is 0.567. The topological polar surface area (TPSA) is 0 Å². The highest BCUT2D eigenvalue weighted by molar-refractivity contribution is 4.56. The molecule has 0 aliphatic carbocycles. The maximum absolute atomic E-state index is 11.1. The van der Waals surface area contributed by atoms with Gasteiger partial charge in [-0.3, -0.25) is 4.39 Å². The second kappa shape index (κ2) is 10.1. The number of hydrogen-bond donors (Lipinski definition) is 0. The second-order valence-corrected chi connectivity index (χ2v) is 3.10. The molecule has 0 saturated carbocycles. The summed E-state index contributed by atoms with van der Waals surface area (Å²) >= 11 is 0. The van der Waals surface area contributed by atoms with Crippen molar-refractivity contribution >= 4 is 0 Å². The van der Waals surface area contributed by atoms with E-state index in [2.05, 4.69) is 0 Å². The SMILES string of the molecule is CCCC(F)(F)F.CF.FC(F)(F)CCC(F)(F)F. The van der Waals surface area contributed by atoms with Crippen molar-refractivity contribution in [3.8, 4) is 0 Å². The predicted octanol–water partition coefficient (Wildman–Crippen LogP) is 5.83. The summed E-state index contributed by atoms with van der Waals surface area (Å²) in [7, 11) is 0.500. The van der Waals surface area contributed by atoms with Gasteiger partial charge < -0.3 is 0 Å². The molecule has 120 valence electrons. The Balaban J connectivity index is -0.000000249. The quantitative estimate of drug-likeness (QED) is 0.563. The first-order chi connectivity index (χ1) is 8.27. The van der Waals surface area contributed by atoms with Crippen molar-refractivity contribution in [2.24, 2.45) is 0 Å². The van der Waals surface area contributed by atoms with E-state index in [0.717, 1.165) is 0 Å². The third-order valence-corrected chi connectivity index (χ3v) is 1.23. The van der Waals surface area contributed by atoms with Crippen LogP contribution in [0.3, 0.4) is 0 Å². The smallest absolute Gasteiger partial charge is 0.255 e. The largest absolute Gasteiger partial charge is 0.389 e. The molecule has 0 nitrogen and oxygen atoms in total. The first-order valence-corrected chi connectivity index (χ1v) is 4.85. The predicted molar refractivity (Wildman–Crippen MR) is 49.3 cm³/mol. The van der Waals surface area contributed by atoms with Crippen LogP contribution in [0, 0.1) is 0 Å². The zero-order valence-corrected chi connectivity index (χ0v) is 10.1. The Bertz CT molecular complexity index is 173. The zero-order chi connectivity index (χ0) is 16.3. The molecular weight excluding hydrogens is 298 g/mol. The number of rotatable bonds is 2. The molecule has 0 aliphatic rings. The fraction of sp³-hybridized carbons (Fsp3) is 1.00. The fourth-order valence-corrected chi connectivity index (χ4v) is 0.567. The lowest BCUT2D eigenvalue weighted by atomic mass is 10.3. The van der Waals surface area contributed by atoms with Crippen LogP contribution >= 0.6 is 0 Å². The normalized spacial score (nSPS) is 12.0. The van der Waals surface area contributed by atoms with Crippen molar-refractivity contribution < 1.29 is 43.9 Å². The van der Waals surface area contributed by atoms with Gasteiger partial charge in [-0.05, 0) is 6.42 Å². The maximum Gasteiger partial charge on any atom is 0.389 e. The summed E-state index contributed by atoms with van der Waals surface area (Å²) < 4.78 is 109. The molecule has 0 rings (SSSR count). The molecule has 0 atom stereocenters. The molecule has 0 N–H and O–H groups in total. The minimum absolute atomic E-state index is 0.184. The highest BCUT2D eigenvalue weighted by atomic mass is 19.4. The van der Waals surface area contributed by atoms with E-state index in [9.17, 15) is 43.9 Å². The molecule has 0 aromatic heterocycles. The van der Waals surface area contributed by atoms with E-state index in [-0.39, 0.29) is 6.42 Å². The summed E-state index contributed by atoms with van der Waals surface area (Å²) in [6, 6.07) is 0. The Hall–Kier alpha value is -0.700. The molecule has 0 unspecified atom stereocenters. The van der Waals surface area contributed by atoms with Crippen molar-refractivity contribution in [2.75, 3.05) is 7.18 Å². The number of halogens is 10. The lowest BCUT2D eigenvalue weighted by molar-refractivity contribution is -0.183. The Kier molecular flexibility index (Phi) is 12.5. The third-order valence-electron chi connectivity index (χ3n) is 1.23. The summed E-state index contributed by atoms with van der Waals surface area (Å²) in [5.41, 5.74) is 0. The van der Waals surface area contributed by atoms with Crippen molar-refractivity contribution in [2.45, 2.75) is 51.1 Å². The van der Waals surface area contributed by atoms with E-state index >= 15 is 0 Å². The molecule has 0 aromatic rings. The zero-order valence-electron chi connectivity index (χ0n) is 10.1. The van der Waals surface area contributed by atoms with Crippen LogP contribution in [0.2, 0.25) is 0 Å². The van der Waals surface area contributed by atoms with E-state index in [4.69, 9.17) is 0 Å². The Morgan fingerprint density at radius 3 is 0.789 bits per heavy atom. The first kappa shape index (κ1) is 23.4. The minimum Gasteiger partial charge on any atom is -0.255 e. The van der Waals surface area contributed by atoms with E-state index in [1.54, 1.807) is 0 Å². The Labute approximate surface area is 103 Å². The van der Waals surface area contributed by atoms with E-state index in [1.165, 1.54) is 6.92 Å². The summed E-state index contributed by atoms with van der Waals surface area (Å²) in [6.45, 7) is 1.51. The second-order valence-electron chi connectivity index (χ2n) is 3.10. The monoisotopic (exact) mass is 312 g/mol. The summed E-state index contributed by atoms with van der Waals surface area (Å²) in [6.07, 6.45) is -17.4. The minimum atomic E-state index is -4.71. The van der Waals surface area contributed by atoms with Gasteiger partial charge in [0.25, 0.3) is 0 Å². The van der Waals surface area contributed by atoms with Gasteiger partial charge in [0, 0.05) is 6.42 Å². The molecule has 0 spiro atoms. The van der Waals surface area contributed by atoms with Crippen molar-refractivity contribution in [1.29, 1.82) is 0 Å². The van der Waals surface area contributed by atoms with E-state index in [0.29, 0.717) is 7.18 Å². The summed E-state index contributed by atoms with van der Waals surface area (Å²) in [5, 5.41) is 0. The first-order valence-electron chi connectivity index (χ1n) is 4.85. The van der Waals surface area contributed by atoms with Crippen LogP contribution < -0.4 is 0 Å². The van der Waals surface area contributed by atoms with Crippen molar-refractivity contribution in [3.05, 3.63) is 0 Å². The maximum atomic E-state index is 11.1. The van der Waals surface area contributed by atoms with Gasteiger partial charge in [-0.15, -0.1) is 0 Å². The molecule has 0 heterocycles. The highest BCUT2D eigenvalue weighted by Gasteiger charge is 2.36. The van der Waals surface area contributed by atoms with Gasteiger partial charge in [-0.25, -0.2) is 0 Å². The van der Waals surface area contributed by atoms with Crippen LogP contribution in [0.1, 0.15) is 32.6 Å². The lowest BCUT2D eigenvalue weighted by Gasteiger charge is -2.07. The molecule has 0 bridgehead atoms. The summed E-state index contributed by atoms with van der Waals surface area (Å²) in [5.74, 6) is 0. The highest BCUT2D eigenvalue weighted by Crippen LogP contribution is 2.29. The van der Waals surface area contributed by atoms with Gasteiger partial charge in [0.1, 0.15) is 0 Å². The third kappa shape index (κ3) is 38.2. The molecule has 10 heteroatoms. The van der Waals surface area contributed by atoms with Gasteiger partial charge >= 0.3 is 18.5 Å². The van der Waals surface area contributed by atoms with Crippen LogP contribution in [-0.2, 0) is 0 Å². The van der Waals surface area contributed by atoms with Gasteiger partial charge in [0.05, 0.1) is 20.0 Å². The number of hydrogen-bond acceptors (Lipinski definition) is 0. The Morgan fingerprint density at radius 1 is 0.526 bits per heavy atom. The van der Waals surface area contributed by atoms with Crippen LogP contribution in [0.5, 0.6) is 0 Å². The van der Waals surface area contributed by atoms with Gasteiger partial charge in [0.2, 0.25) is 0 Å². The molecule has 0 saturated heterocycles. The van der Waals surface area contributed by atoms with Gasteiger partial charge in [-0.1, -0.05) is 6.92 Å². The summed E-state index contributed by atoms with van der Waals surface area (Å²) in [4.78, 5) is 0. The van der Waals surface area contributed by atoms with E-state index in [1.807, 2.05) is 0 Å². The van der Waals surface area contributed by atoms with Crippen molar-refractivity contribution in [3.63, 3.8) is 0 Å². The number of alkyl halides is 10. The molecule has 0 fully saturated rings. The average molecular weight is 312 g/mol. The molecule has 0 radical (unpaired) electrons. The van der Waals surface area contributed by atoms with Gasteiger partial charge in [-0.2, -0.15) is 39.5 Å². The lowest BCUT2D eigenvalue weighted by Crippen LogP contribution is -2.15. The average Bonchev–Trinajstić information content (AvgIpc) is 2.15. The molecule has 19 heavy (non-hydrogen) atoms. The molecule has 0 aromatic carbocycles. The van der Waals surface area contributed by atoms with E-state index < -0.39 is 37.8 Å². The van der Waals surface area contributed by atoms with Gasteiger partial charge in [0.15, 0.2) is 0 Å². The standard InChI is InChI=1S/C4H4F6.C4H7F3.CH3F/c5-3(6,7)1-2-4(8,9)10;1-2-3-4(5,6)7;1-2/h1-2H2;2-3H2,1H3;1H3. The van der Waals surface area contributed by atoms with Crippen LogP contribution in [0.25, 0.3) is 0 Å². The molecule has 0 aliphatic heterocycles.